The molecule has 0 saturated carbocycles. The summed E-state index contributed by atoms with van der Waals surface area (Å²) in [6, 6.07) is 16.1. The summed E-state index contributed by atoms with van der Waals surface area (Å²) in [6.45, 7) is 9.20. The zero-order valence-corrected chi connectivity index (χ0v) is 14.4. The van der Waals surface area contributed by atoms with Gasteiger partial charge in [-0.15, -0.1) is 11.3 Å². The quantitative estimate of drug-likeness (QED) is 0.679. The first-order valence-electron chi connectivity index (χ1n) is 7.92. The fraction of sp³-hybridized carbons (Fsp3) is 0.474. The van der Waals surface area contributed by atoms with Crippen LogP contribution >= 0.6 is 11.3 Å². The van der Waals surface area contributed by atoms with E-state index in [1.54, 1.807) is 0 Å². The van der Waals surface area contributed by atoms with Crippen molar-refractivity contribution < 1.29 is 0 Å². The third-order valence-electron chi connectivity index (χ3n) is 3.81. The third-order valence-corrected chi connectivity index (χ3v) is 4.76. The molecule has 114 valence electrons. The van der Waals surface area contributed by atoms with Gasteiger partial charge in [0, 0.05) is 17.0 Å². The fourth-order valence-electron chi connectivity index (χ4n) is 2.75. The molecule has 0 amide bonds. The van der Waals surface area contributed by atoms with Crippen molar-refractivity contribution in [3.05, 3.63) is 58.3 Å². The van der Waals surface area contributed by atoms with Crippen molar-refractivity contribution in [1.82, 2.24) is 5.32 Å². The average Bonchev–Trinajstić information content (AvgIpc) is 2.97. The van der Waals surface area contributed by atoms with Gasteiger partial charge in [-0.2, -0.15) is 0 Å². The van der Waals surface area contributed by atoms with Crippen LogP contribution in [0.25, 0.3) is 0 Å². The van der Waals surface area contributed by atoms with Crippen molar-refractivity contribution in [3.8, 4) is 0 Å². The Bertz CT molecular complexity index is 502. The van der Waals surface area contributed by atoms with Crippen LogP contribution < -0.4 is 5.32 Å². The standard InChI is InChI=1S/C19H27NS/c1-14(2)13-17(16-9-6-5-7-10-16)20-19(15(3)4)18-11-8-12-21-18/h5-12,14-15,17,19-20H,13H2,1-4H3. The first-order chi connectivity index (χ1) is 10.1. The van der Waals surface area contributed by atoms with E-state index in [0.717, 1.165) is 0 Å². The monoisotopic (exact) mass is 301 g/mol. The van der Waals surface area contributed by atoms with Crippen molar-refractivity contribution >= 4 is 11.3 Å². The number of thiophene rings is 1. The fourth-order valence-corrected chi connectivity index (χ4v) is 3.70. The molecule has 2 unspecified atom stereocenters. The Morgan fingerprint density at radius 2 is 1.67 bits per heavy atom. The molecule has 2 aromatic rings. The Labute approximate surface area is 133 Å². The molecule has 0 aliphatic rings. The number of hydrogen-bond donors (Lipinski definition) is 1. The molecule has 1 N–H and O–H groups in total. The zero-order valence-electron chi connectivity index (χ0n) is 13.5. The van der Waals surface area contributed by atoms with Crippen LogP contribution in [-0.4, -0.2) is 0 Å². The van der Waals surface area contributed by atoms with E-state index in [0.29, 0.717) is 23.9 Å². The molecule has 21 heavy (non-hydrogen) atoms. The highest BCUT2D eigenvalue weighted by Gasteiger charge is 2.22. The minimum absolute atomic E-state index is 0.417. The van der Waals surface area contributed by atoms with Crippen LogP contribution in [0.1, 0.15) is 56.6 Å². The van der Waals surface area contributed by atoms with E-state index in [9.17, 15) is 0 Å². The maximum absolute atomic E-state index is 3.91. The average molecular weight is 301 g/mol. The molecule has 0 aliphatic heterocycles. The summed E-state index contributed by atoms with van der Waals surface area (Å²) in [5, 5.41) is 6.09. The van der Waals surface area contributed by atoms with Crippen molar-refractivity contribution in [2.45, 2.75) is 46.2 Å². The summed E-state index contributed by atoms with van der Waals surface area (Å²) in [5.41, 5.74) is 1.40. The molecule has 1 aromatic carbocycles. The van der Waals surface area contributed by atoms with Crippen LogP contribution in [0.4, 0.5) is 0 Å². The molecule has 2 rings (SSSR count). The first-order valence-corrected chi connectivity index (χ1v) is 8.80. The summed E-state index contributed by atoms with van der Waals surface area (Å²) in [6.07, 6.45) is 1.17. The second-order valence-electron chi connectivity index (χ2n) is 6.50. The van der Waals surface area contributed by atoms with E-state index < -0.39 is 0 Å². The van der Waals surface area contributed by atoms with Gasteiger partial charge in [0.2, 0.25) is 0 Å². The molecular formula is C19H27NS. The molecule has 2 atom stereocenters. The van der Waals surface area contributed by atoms with Crippen LogP contribution in [0.3, 0.4) is 0 Å². The van der Waals surface area contributed by atoms with E-state index in [1.807, 2.05) is 11.3 Å². The van der Waals surface area contributed by atoms with Gasteiger partial charge in [-0.3, -0.25) is 0 Å². The van der Waals surface area contributed by atoms with Crippen LogP contribution in [0, 0.1) is 11.8 Å². The Kier molecular flexibility index (Phi) is 6.01. The maximum atomic E-state index is 3.91. The number of rotatable bonds is 7. The zero-order chi connectivity index (χ0) is 15.2. The highest BCUT2D eigenvalue weighted by Crippen LogP contribution is 2.31. The molecule has 0 saturated heterocycles. The van der Waals surface area contributed by atoms with Gasteiger partial charge in [-0.05, 0) is 35.3 Å². The lowest BCUT2D eigenvalue weighted by Gasteiger charge is -2.29. The summed E-state index contributed by atoms with van der Waals surface area (Å²) in [4.78, 5) is 1.44. The molecule has 1 heterocycles. The van der Waals surface area contributed by atoms with Crippen molar-refractivity contribution in [2.24, 2.45) is 11.8 Å². The summed E-state index contributed by atoms with van der Waals surface area (Å²) in [5.74, 6) is 1.26. The van der Waals surface area contributed by atoms with Crippen LogP contribution in [-0.2, 0) is 0 Å². The number of hydrogen-bond acceptors (Lipinski definition) is 2. The Morgan fingerprint density at radius 1 is 0.952 bits per heavy atom. The van der Waals surface area contributed by atoms with Gasteiger partial charge < -0.3 is 5.32 Å². The maximum Gasteiger partial charge on any atom is 0.0442 e. The van der Waals surface area contributed by atoms with E-state index in [2.05, 4.69) is 80.9 Å². The normalized spacial score (nSPS) is 14.6. The van der Waals surface area contributed by atoms with Crippen molar-refractivity contribution in [2.75, 3.05) is 0 Å². The topological polar surface area (TPSA) is 12.0 Å². The second-order valence-corrected chi connectivity index (χ2v) is 7.48. The van der Waals surface area contributed by atoms with Gasteiger partial charge in [0.1, 0.15) is 0 Å². The van der Waals surface area contributed by atoms with Crippen molar-refractivity contribution in [1.29, 1.82) is 0 Å². The predicted molar refractivity (Wildman–Crippen MR) is 93.7 cm³/mol. The molecule has 0 bridgehead atoms. The predicted octanol–water partition coefficient (Wildman–Crippen LogP) is 5.82. The summed E-state index contributed by atoms with van der Waals surface area (Å²) in [7, 11) is 0. The molecule has 0 spiro atoms. The minimum atomic E-state index is 0.417. The van der Waals surface area contributed by atoms with Crippen LogP contribution in [0.2, 0.25) is 0 Å². The molecule has 0 radical (unpaired) electrons. The van der Waals surface area contributed by atoms with Crippen molar-refractivity contribution in [3.63, 3.8) is 0 Å². The first kappa shape index (κ1) is 16.3. The van der Waals surface area contributed by atoms with E-state index in [-0.39, 0.29) is 0 Å². The van der Waals surface area contributed by atoms with E-state index >= 15 is 0 Å². The van der Waals surface area contributed by atoms with Gasteiger partial charge in [-0.1, -0.05) is 64.1 Å². The van der Waals surface area contributed by atoms with E-state index in [1.165, 1.54) is 16.9 Å². The number of benzene rings is 1. The summed E-state index contributed by atoms with van der Waals surface area (Å²) >= 11 is 1.85. The molecule has 0 fully saturated rings. The Balaban J connectivity index is 2.20. The van der Waals surface area contributed by atoms with Crippen LogP contribution in [0.15, 0.2) is 47.8 Å². The van der Waals surface area contributed by atoms with Crippen LogP contribution in [0.5, 0.6) is 0 Å². The van der Waals surface area contributed by atoms with Gasteiger partial charge in [-0.25, -0.2) is 0 Å². The van der Waals surface area contributed by atoms with Gasteiger partial charge in [0.05, 0.1) is 0 Å². The lowest BCUT2D eigenvalue weighted by molar-refractivity contribution is 0.333. The van der Waals surface area contributed by atoms with E-state index in [4.69, 9.17) is 0 Å². The van der Waals surface area contributed by atoms with Gasteiger partial charge in [0.25, 0.3) is 0 Å². The highest BCUT2D eigenvalue weighted by molar-refractivity contribution is 7.10. The largest absolute Gasteiger partial charge is 0.302 e. The third kappa shape index (κ3) is 4.69. The molecule has 2 heteroatoms. The van der Waals surface area contributed by atoms with Gasteiger partial charge in [0.15, 0.2) is 0 Å². The Hall–Kier alpha value is -1.12. The second kappa shape index (κ2) is 7.77. The number of nitrogens with one attached hydrogen (secondary N) is 1. The van der Waals surface area contributed by atoms with Gasteiger partial charge >= 0.3 is 0 Å². The highest BCUT2D eigenvalue weighted by atomic mass is 32.1. The molecular weight excluding hydrogens is 274 g/mol. The lowest BCUT2D eigenvalue weighted by Crippen LogP contribution is -2.30. The molecule has 1 aromatic heterocycles. The Morgan fingerprint density at radius 3 is 2.19 bits per heavy atom. The SMILES string of the molecule is CC(C)CC(NC(c1cccs1)C(C)C)c1ccccc1. The lowest BCUT2D eigenvalue weighted by atomic mass is 9.94. The smallest absolute Gasteiger partial charge is 0.0442 e. The minimum Gasteiger partial charge on any atom is -0.302 e. The molecule has 1 nitrogen and oxygen atoms in total. The summed E-state index contributed by atoms with van der Waals surface area (Å²) < 4.78 is 0. The molecule has 0 aliphatic carbocycles.